The number of hydrogen-bond donors (Lipinski definition) is 1. The normalized spacial score (nSPS) is 20.6. The molecule has 0 aliphatic carbocycles. The largest absolute Gasteiger partial charge is 0.389 e. The fraction of sp³-hybridized carbons (Fsp3) is 0.571. The van der Waals surface area contributed by atoms with Crippen molar-refractivity contribution in [2.24, 2.45) is 5.73 Å². The number of likely N-dealkylation sites (N-methyl/N-ethyl adjacent to an activating group) is 1. The van der Waals surface area contributed by atoms with Crippen molar-refractivity contribution in [2.75, 3.05) is 31.6 Å². The molecule has 5 heteroatoms. The average molecular weight is 278 g/mol. The molecule has 1 atom stereocenters. The summed E-state index contributed by atoms with van der Waals surface area (Å²) >= 11 is 5.21. The van der Waals surface area contributed by atoms with Crippen molar-refractivity contribution in [3.63, 3.8) is 0 Å². The van der Waals surface area contributed by atoms with Crippen LogP contribution in [0, 0.1) is 13.8 Å². The Kier molecular flexibility index (Phi) is 4.06. The summed E-state index contributed by atoms with van der Waals surface area (Å²) in [5, 5.41) is 0. The molecular formula is C14H22N4S. The molecule has 0 saturated carbocycles. The second kappa shape index (κ2) is 5.43. The Morgan fingerprint density at radius 3 is 2.68 bits per heavy atom. The molecule has 0 aromatic carbocycles. The third-order valence-corrected chi connectivity index (χ3v) is 3.90. The average Bonchev–Trinajstić information content (AvgIpc) is 2.26. The number of piperazine rings is 1. The molecule has 1 aliphatic heterocycles. The molecule has 1 unspecified atom stereocenters. The van der Waals surface area contributed by atoms with E-state index in [4.69, 9.17) is 18.0 Å². The van der Waals surface area contributed by atoms with E-state index in [9.17, 15) is 0 Å². The van der Waals surface area contributed by atoms with Crippen molar-refractivity contribution in [2.45, 2.75) is 26.8 Å². The van der Waals surface area contributed by atoms with Crippen molar-refractivity contribution in [1.82, 2.24) is 9.88 Å². The van der Waals surface area contributed by atoms with Gasteiger partial charge in [-0.3, -0.25) is 4.98 Å². The number of thiocarbonyl (C=S) groups is 1. The van der Waals surface area contributed by atoms with Crippen LogP contribution in [0.1, 0.15) is 23.9 Å². The lowest BCUT2D eigenvalue weighted by atomic mass is 10.1. The Labute approximate surface area is 120 Å². The first-order chi connectivity index (χ1) is 8.90. The van der Waals surface area contributed by atoms with Crippen LogP contribution in [0.4, 0.5) is 5.69 Å². The molecule has 1 aromatic rings. The van der Waals surface area contributed by atoms with Gasteiger partial charge in [0.2, 0.25) is 0 Å². The zero-order valence-electron chi connectivity index (χ0n) is 12.1. The molecule has 1 aromatic heterocycles. The van der Waals surface area contributed by atoms with E-state index >= 15 is 0 Å². The monoisotopic (exact) mass is 278 g/mol. The van der Waals surface area contributed by atoms with E-state index in [1.165, 1.54) is 0 Å². The van der Waals surface area contributed by atoms with Gasteiger partial charge in [0.25, 0.3) is 0 Å². The molecule has 0 bridgehead atoms. The lowest BCUT2D eigenvalue weighted by Crippen LogP contribution is -2.51. The van der Waals surface area contributed by atoms with Crippen LogP contribution in [0.3, 0.4) is 0 Å². The first-order valence-corrected chi connectivity index (χ1v) is 7.04. The Balaban J connectivity index is 2.46. The minimum Gasteiger partial charge on any atom is -0.389 e. The zero-order chi connectivity index (χ0) is 14.2. The lowest BCUT2D eigenvalue weighted by Gasteiger charge is -2.40. The van der Waals surface area contributed by atoms with Gasteiger partial charge in [-0.05, 0) is 33.9 Å². The topological polar surface area (TPSA) is 45.4 Å². The Bertz CT molecular complexity index is 500. The minimum absolute atomic E-state index is 0.436. The molecule has 1 fully saturated rings. The third-order valence-electron chi connectivity index (χ3n) is 3.69. The van der Waals surface area contributed by atoms with Gasteiger partial charge in [0.15, 0.2) is 0 Å². The van der Waals surface area contributed by atoms with E-state index in [0.29, 0.717) is 11.0 Å². The summed E-state index contributed by atoms with van der Waals surface area (Å²) in [6.07, 6.45) is 0. The zero-order valence-corrected chi connectivity index (χ0v) is 12.9. The maximum Gasteiger partial charge on any atom is 0.107 e. The fourth-order valence-electron chi connectivity index (χ4n) is 2.84. The molecule has 1 saturated heterocycles. The van der Waals surface area contributed by atoms with Gasteiger partial charge in [0.1, 0.15) is 4.99 Å². The lowest BCUT2D eigenvalue weighted by molar-refractivity contribution is 0.275. The number of aromatic nitrogens is 1. The van der Waals surface area contributed by atoms with Crippen LogP contribution in [0.5, 0.6) is 0 Å². The van der Waals surface area contributed by atoms with E-state index in [2.05, 4.69) is 34.8 Å². The summed E-state index contributed by atoms with van der Waals surface area (Å²) in [5.41, 5.74) is 9.90. The molecule has 104 valence electrons. The van der Waals surface area contributed by atoms with E-state index in [1.54, 1.807) is 0 Å². The first kappa shape index (κ1) is 14.2. The van der Waals surface area contributed by atoms with Crippen LogP contribution in [0.2, 0.25) is 0 Å². The number of pyridine rings is 1. The highest BCUT2D eigenvalue weighted by atomic mass is 32.1. The molecule has 2 rings (SSSR count). The van der Waals surface area contributed by atoms with Gasteiger partial charge in [-0.25, -0.2) is 0 Å². The van der Waals surface area contributed by atoms with Crippen LogP contribution in [-0.4, -0.2) is 47.6 Å². The summed E-state index contributed by atoms with van der Waals surface area (Å²) in [4.78, 5) is 9.67. The summed E-state index contributed by atoms with van der Waals surface area (Å²) in [7, 11) is 2.16. The highest BCUT2D eigenvalue weighted by molar-refractivity contribution is 7.80. The number of hydrogen-bond acceptors (Lipinski definition) is 4. The molecule has 19 heavy (non-hydrogen) atoms. The van der Waals surface area contributed by atoms with Crippen LogP contribution in [0.15, 0.2) is 6.07 Å². The van der Waals surface area contributed by atoms with Crippen molar-refractivity contribution in [3.8, 4) is 0 Å². The van der Waals surface area contributed by atoms with Crippen LogP contribution in [0.25, 0.3) is 0 Å². The number of anilines is 1. The molecular weight excluding hydrogens is 256 g/mol. The summed E-state index contributed by atoms with van der Waals surface area (Å²) in [6.45, 7) is 9.34. The molecule has 0 radical (unpaired) electrons. The molecule has 0 spiro atoms. The van der Waals surface area contributed by atoms with E-state index in [0.717, 1.165) is 42.3 Å². The van der Waals surface area contributed by atoms with Crippen LogP contribution < -0.4 is 10.6 Å². The highest BCUT2D eigenvalue weighted by Gasteiger charge is 2.25. The number of rotatable bonds is 2. The molecule has 2 N–H and O–H groups in total. The van der Waals surface area contributed by atoms with Crippen molar-refractivity contribution >= 4 is 22.9 Å². The van der Waals surface area contributed by atoms with Crippen molar-refractivity contribution in [1.29, 1.82) is 0 Å². The second-order valence-electron chi connectivity index (χ2n) is 5.41. The van der Waals surface area contributed by atoms with Crippen LogP contribution >= 0.6 is 12.2 Å². The Morgan fingerprint density at radius 2 is 2.11 bits per heavy atom. The molecule has 4 nitrogen and oxygen atoms in total. The van der Waals surface area contributed by atoms with E-state index in [-0.39, 0.29) is 0 Å². The predicted octanol–water partition coefficient (Wildman–Crippen LogP) is 1.47. The SMILES string of the molecule is Cc1cc(N2CCN(C)CC2C)c(C(N)=S)c(C)n1. The Morgan fingerprint density at radius 1 is 1.42 bits per heavy atom. The fourth-order valence-corrected chi connectivity index (χ4v) is 3.09. The van der Waals surface area contributed by atoms with Gasteiger partial charge in [0.05, 0.1) is 11.3 Å². The summed E-state index contributed by atoms with van der Waals surface area (Å²) < 4.78 is 0. The number of aryl methyl sites for hydroxylation is 2. The maximum absolute atomic E-state index is 5.90. The molecule has 1 aliphatic rings. The minimum atomic E-state index is 0.436. The first-order valence-electron chi connectivity index (χ1n) is 6.63. The van der Waals surface area contributed by atoms with Gasteiger partial charge in [-0.1, -0.05) is 12.2 Å². The van der Waals surface area contributed by atoms with Crippen molar-refractivity contribution in [3.05, 3.63) is 23.0 Å². The van der Waals surface area contributed by atoms with Gasteiger partial charge in [0, 0.05) is 37.1 Å². The molecule has 2 heterocycles. The van der Waals surface area contributed by atoms with Crippen LogP contribution in [-0.2, 0) is 0 Å². The number of nitrogens with two attached hydrogens (primary N) is 1. The Hall–Kier alpha value is -1.20. The quantitative estimate of drug-likeness (QED) is 0.830. The van der Waals surface area contributed by atoms with Crippen molar-refractivity contribution < 1.29 is 0 Å². The van der Waals surface area contributed by atoms with Gasteiger partial charge >= 0.3 is 0 Å². The standard InChI is InChI=1S/C14H22N4S/c1-9-7-12(13(14(15)19)11(3)16-9)18-6-5-17(4)8-10(18)2/h7,10H,5-6,8H2,1-4H3,(H2,15,19). The van der Waals surface area contributed by atoms with E-state index < -0.39 is 0 Å². The predicted molar refractivity (Wildman–Crippen MR) is 83.9 cm³/mol. The molecule has 0 amide bonds. The third kappa shape index (κ3) is 2.87. The smallest absolute Gasteiger partial charge is 0.107 e. The van der Waals surface area contributed by atoms with Gasteiger partial charge in [-0.2, -0.15) is 0 Å². The highest BCUT2D eigenvalue weighted by Crippen LogP contribution is 2.27. The second-order valence-corrected chi connectivity index (χ2v) is 5.85. The maximum atomic E-state index is 5.90. The summed E-state index contributed by atoms with van der Waals surface area (Å²) in [6, 6.07) is 2.55. The van der Waals surface area contributed by atoms with Gasteiger partial charge in [-0.15, -0.1) is 0 Å². The summed E-state index contributed by atoms with van der Waals surface area (Å²) in [5.74, 6) is 0. The van der Waals surface area contributed by atoms with E-state index in [1.807, 2.05) is 13.8 Å². The number of nitrogens with zero attached hydrogens (tertiary/aromatic N) is 3. The van der Waals surface area contributed by atoms with Gasteiger partial charge < -0.3 is 15.5 Å².